The Balaban J connectivity index is 0.000000203. The largest absolute Gasteiger partial charge is 0.317 e. The summed E-state index contributed by atoms with van der Waals surface area (Å²) >= 11 is -2.21. The van der Waals surface area contributed by atoms with Gasteiger partial charge < -0.3 is 0 Å². The first-order valence-electron chi connectivity index (χ1n) is 6.84. The zero-order valence-electron chi connectivity index (χ0n) is 12.6. The van der Waals surface area contributed by atoms with Crippen LogP contribution in [0.4, 0.5) is 0 Å². The van der Waals surface area contributed by atoms with Crippen LogP contribution in [0.2, 0.25) is 0 Å². The van der Waals surface area contributed by atoms with Gasteiger partial charge in [0.15, 0.2) is 0 Å². The molecule has 0 fully saturated rings. The fraction of sp³-hybridized carbons (Fsp3) is 0.118. The third-order valence-electron chi connectivity index (χ3n) is 2.90. The van der Waals surface area contributed by atoms with Crippen LogP contribution in [0.1, 0.15) is 11.1 Å². The Morgan fingerprint density at radius 3 is 1.41 bits per heavy atom. The SMILES string of the molecule is Cc1cc2ccccc2cc1C.[Cl][Zn-]([Cl])[Cl].c1cc[o+]cc1. The summed E-state index contributed by atoms with van der Waals surface area (Å²) in [6.07, 6.45) is 3.25. The number of rotatable bonds is 0. The van der Waals surface area contributed by atoms with Crippen LogP contribution in [-0.2, 0) is 13.0 Å². The first-order valence-corrected chi connectivity index (χ1v) is 18.5. The van der Waals surface area contributed by atoms with Gasteiger partial charge in [0.05, 0.1) is 0 Å². The minimum Gasteiger partial charge on any atom is -0.224 e. The Morgan fingerprint density at radius 1 is 0.727 bits per heavy atom. The molecule has 0 saturated heterocycles. The molecule has 0 aliphatic heterocycles. The zero-order chi connectivity index (χ0) is 16.4. The van der Waals surface area contributed by atoms with Crippen molar-refractivity contribution in [3.63, 3.8) is 0 Å². The number of halogens is 3. The van der Waals surface area contributed by atoms with Crippen LogP contribution in [0.5, 0.6) is 0 Å². The molecule has 3 rings (SSSR count). The van der Waals surface area contributed by atoms with Crippen LogP contribution in [0, 0.1) is 13.8 Å². The minimum absolute atomic E-state index is 1.33. The summed E-state index contributed by atoms with van der Waals surface area (Å²) in [7, 11) is 15.0. The summed E-state index contributed by atoms with van der Waals surface area (Å²) in [5.41, 5.74) is 2.74. The number of hydrogen-bond donors (Lipinski definition) is 0. The van der Waals surface area contributed by atoms with E-state index in [1.165, 1.54) is 21.9 Å². The molecule has 0 amide bonds. The molecule has 2 aromatic carbocycles. The van der Waals surface area contributed by atoms with Crippen molar-refractivity contribution < 1.29 is 17.4 Å². The van der Waals surface area contributed by atoms with E-state index in [0.29, 0.717) is 0 Å². The third-order valence-corrected chi connectivity index (χ3v) is 2.90. The van der Waals surface area contributed by atoms with Gasteiger partial charge in [0.2, 0.25) is 0 Å². The Bertz CT molecular complexity index is 605. The van der Waals surface area contributed by atoms with E-state index in [4.69, 9.17) is 29.1 Å². The molecular formula is C17H17Cl3OZn. The van der Waals surface area contributed by atoms with E-state index in [0.717, 1.165) is 0 Å². The van der Waals surface area contributed by atoms with E-state index in [1.54, 1.807) is 12.5 Å². The third kappa shape index (κ3) is 8.10. The quantitative estimate of drug-likeness (QED) is 0.285. The molecule has 0 saturated carbocycles. The van der Waals surface area contributed by atoms with Gasteiger partial charge >= 0.3 is 54.6 Å². The average molecular weight is 409 g/mol. The molecule has 0 aliphatic rings. The molecule has 0 bridgehead atoms. The van der Waals surface area contributed by atoms with Gasteiger partial charge in [0.25, 0.3) is 0 Å². The molecule has 0 atom stereocenters. The molecular weight excluding hydrogens is 392 g/mol. The fourth-order valence-electron chi connectivity index (χ4n) is 1.76. The van der Waals surface area contributed by atoms with Crippen LogP contribution in [-0.4, -0.2) is 0 Å². The number of fused-ring (bicyclic) bond motifs is 1. The van der Waals surface area contributed by atoms with E-state index in [1.807, 2.05) is 18.2 Å². The summed E-state index contributed by atoms with van der Waals surface area (Å²) in [5.74, 6) is 0. The molecule has 5 heteroatoms. The summed E-state index contributed by atoms with van der Waals surface area (Å²) < 4.78 is 4.68. The van der Waals surface area contributed by atoms with Gasteiger partial charge in [-0.05, 0) is 41.8 Å². The molecule has 3 aromatic rings. The monoisotopic (exact) mass is 406 g/mol. The van der Waals surface area contributed by atoms with E-state index in [-0.39, 0.29) is 0 Å². The average Bonchev–Trinajstić information content (AvgIpc) is 2.50. The van der Waals surface area contributed by atoms with Crippen molar-refractivity contribution in [2.24, 2.45) is 0 Å². The van der Waals surface area contributed by atoms with Crippen molar-refractivity contribution in [1.29, 1.82) is 0 Å². The summed E-state index contributed by atoms with van der Waals surface area (Å²) in [6.45, 7) is 4.31. The maximum absolute atomic E-state index is 5.01. The second-order valence-corrected chi connectivity index (χ2v) is 18.4. The van der Waals surface area contributed by atoms with Crippen LogP contribution < -0.4 is 0 Å². The predicted molar refractivity (Wildman–Crippen MR) is 94.1 cm³/mol. The standard InChI is InChI=1S/C12H12.C5H5O.3ClH.Zn/c1-9-7-11-5-3-4-6-12(11)8-10(9)2;1-2-4-6-5-3-1;;;;/h3-8H,1-2H3;1-5H;3*1H;/q;+1;;;;+2/p-3. The number of hydrogen-bond acceptors (Lipinski definition) is 0. The summed E-state index contributed by atoms with van der Waals surface area (Å²) in [5, 5.41) is 2.67. The molecule has 1 heterocycles. The number of benzene rings is 2. The Morgan fingerprint density at radius 2 is 1.14 bits per heavy atom. The molecule has 114 valence electrons. The molecule has 0 aliphatic carbocycles. The fourth-order valence-corrected chi connectivity index (χ4v) is 1.76. The second kappa shape index (κ2) is 11.0. The van der Waals surface area contributed by atoms with Gasteiger partial charge in [-0.15, -0.1) is 0 Å². The Labute approximate surface area is 148 Å². The van der Waals surface area contributed by atoms with Crippen LogP contribution in [0.25, 0.3) is 10.8 Å². The van der Waals surface area contributed by atoms with Crippen molar-refractivity contribution >= 4 is 39.8 Å². The number of aryl methyl sites for hydroxylation is 2. The van der Waals surface area contributed by atoms with Crippen molar-refractivity contribution in [1.82, 2.24) is 0 Å². The molecule has 0 unspecified atom stereocenters. The first kappa shape index (κ1) is 19.4. The molecule has 0 N–H and O–H groups in total. The normalized spacial score (nSPS) is 9.14. The molecule has 0 radical (unpaired) electrons. The minimum atomic E-state index is -2.21. The van der Waals surface area contributed by atoms with Crippen molar-refractivity contribution in [2.75, 3.05) is 0 Å². The van der Waals surface area contributed by atoms with Gasteiger partial charge in [-0.2, -0.15) is 0 Å². The first-order chi connectivity index (χ1) is 10.5. The zero-order valence-corrected chi connectivity index (χ0v) is 17.8. The van der Waals surface area contributed by atoms with Gasteiger partial charge in [0, 0.05) is 12.1 Å². The van der Waals surface area contributed by atoms with Crippen molar-refractivity contribution in [3.8, 4) is 0 Å². The Kier molecular flexibility index (Phi) is 9.67. The van der Waals surface area contributed by atoms with Gasteiger partial charge in [0.1, 0.15) is 0 Å². The van der Waals surface area contributed by atoms with Gasteiger partial charge in [-0.25, -0.2) is 4.42 Å². The smallest absolute Gasteiger partial charge is 0.224 e. The molecule has 1 nitrogen and oxygen atoms in total. The molecule has 22 heavy (non-hydrogen) atoms. The summed E-state index contributed by atoms with van der Waals surface area (Å²) in [6, 6.07) is 18.5. The topological polar surface area (TPSA) is 11.3 Å². The maximum atomic E-state index is 5.01. The molecule has 1 aromatic heterocycles. The summed E-state index contributed by atoms with van der Waals surface area (Å²) in [4.78, 5) is 0. The van der Waals surface area contributed by atoms with E-state index < -0.39 is 13.0 Å². The maximum Gasteiger partial charge on any atom is 0.317 e. The van der Waals surface area contributed by atoms with E-state index in [9.17, 15) is 0 Å². The predicted octanol–water partition coefficient (Wildman–Crippen LogP) is 7.08. The molecule has 0 spiro atoms. The van der Waals surface area contributed by atoms with Crippen molar-refractivity contribution in [3.05, 3.63) is 78.3 Å². The Hall–Kier alpha value is -0.657. The van der Waals surface area contributed by atoms with E-state index in [2.05, 4.69) is 54.7 Å². The van der Waals surface area contributed by atoms with Crippen LogP contribution in [0.15, 0.2) is 71.5 Å². The van der Waals surface area contributed by atoms with Crippen molar-refractivity contribution in [2.45, 2.75) is 13.8 Å². The second-order valence-electron chi connectivity index (χ2n) is 4.57. The van der Waals surface area contributed by atoms with Crippen LogP contribution >= 0.6 is 29.1 Å². The van der Waals surface area contributed by atoms with Gasteiger partial charge in [-0.3, -0.25) is 0 Å². The van der Waals surface area contributed by atoms with E-state index >= 15 is 0 Å². The van der Waals surface area contributed by atoms with Gasteiger partial charge in [-0.1, -0.05) is 36.4 Å². The van der Waals surface area contributed by atoms with Crippen LogP contribution in [0.3, 0.4) is 0 Å².